The van der Waals surface area contributed by atoms with Crippen molar-refractivity contribution in [2.24, 2.45) is 0 Å². The van der Waals surface area contributed by atoms with Crippen LogP contribution >= 0.6 is 11.6 Å². The standard InChI is InChI=1S/C17H18ClN3O.C7H8.C2H6/c18-14-4-6-16(7-5-14)20-9-11-21(12-10-20)17(22)13-15-3-1-2-8-19-15;1-7-5-3-2-4-6-7;1-2/h1-8H,9-13H2;2-6H,1H3;1-2H3. The van der Waals surface area contributed by atoms with Crippen LogP contribution in [0.1, 0.15) is 25.1 Å². The van der Waals surface area contributed by atoms with Crippen molar-refractivity contribution in [1.82, 2.24) is 9.88 Å². The second-order valence-electron chi connectivity index (χ2n) is 7.00. The van der Waals surface area contributed by atoms with E-state index in [9.17, 15) is 4.79 Å². The van der Waals surface area contributed by atoms with Crippen molar-refractivity contribution >= 4 is 23.2 Å². The summed E-state index contributed by atoms with van der Waals surface area (Å²) in [5.74, 6) is 0.148. The molecular weight excluding hydrogens is 406 g/mol. The predicted octanol–water partition coefficient (Wildman–Crippen LogP) is 5.65. The quantitative estimate of drug-likeness (QED) is 0.531. The van der Waals surface area contributed by atoms with Gasteiger partial charge in [-0.15, -0.1) is 0 Å². The van der Waals surface area contributed by atoms with Crippen LogP contribution in [0.3, 0.4) is 0 Å². The number of rotatable bonds is 3. The van der Waals surface area contributed by atoms with Crippen LogP contribution in [0.5, 0.6) is 0 Å². The van der Waals surface area contributed by atoms with E-state index in [2.05, 4.69) is 28.9 Å². The maximum Gasteiger partial charge on any atom is 0.228 e. The first kappa shape index (κ1) is 24.4. The Morgan fingerprint density at radius 2 is 1.48 bits per heavy atom. The summed E-state index contributed by atoms with van der Waals surface area (Å²) in [6.07, 6.45) is 2.10. The predicted molar refractivity (Wildman–Crippen MR) is 131 cm³/mol. The first-order valence-electron chi connectivity index (χ1n) is 10.8. The van der Waals surface area contributed by atoms with Crippen LogP contribution in [-0.4, -0.2) is 42.0 Å². The minimum atomic E-state index is 0.148. The molecule has 2 heterocycles. The van der Waals surface area contributed by atoms with E-state index >= 15 is 0 Å². The van der Waals surface area contributed by atoms with Gasteiger partial charge in [-0.2, -0.15) is 0 Å². The lowest BCUT2D eigenvalue weighted by Gasteiger charge is -2.36. The largest absolute Gasteiger partial charge is 0.368 e. The first-order chi connectivity index (χ1) is 15.1. The van der Waals surface area contributed by atoms with Crippen molar-refractivity contribution < 1.29 is 4.79 Å². The number of anilines is 1. The van der Waals surface area contributed by atoms with E-state index in [4.69, 9.17) is 11.6 Å². The summed E-state index contributed by atoms with van der Waals surface area (Å²) in [6.45, 7) is 9.26. The highest BCUT2D eigenvalue weighted by Gasteiger charge is 2.21. The normalized spacial score (nSPS) is 12.8. The molecule has 0 aliphatic carbocycles. The maximum atomic E-state index is 12.3. The second-order valence-corrected chi connectivity index (χ2v) is 7.43. The van der Waals surface area contributed by atoms with Crippen molar-refractivity contribution in [2.45, 2.75) is 27.2 Å². The molecule has 0 atom stereocenters. The topological polar surface area (TPSA) is 36.4 Å². The van der Waals surface area contributed by atoms with Gasteiger partial charge in [0.05, 0.1) is 6.42 Å². The fourth-order valence-electron chi connectivity index (χ4n) is 3.17. The van der Waals surface area contributed by atoms with E-state index in [0.29, 0.717) is 6.42 Å². The van der Waals surface area contributed by atoms with Gasteiger partial charge in [0.1, 0.15) is 0 Å². The molecule has 4 rings (SSSR count). The molecule has 0 spiro atoms. The fraction of sp³-hybridized carbons (Fsp3) is 0.308. The Kier molecular flexibility index (Phi) is 10.6. The summed E-state index contributed by atoms with van der Waals surface area (Å²) < 4.78 is 0. The summed E-state index contributed by atoms with van der Waals surface area (Å²) in [5.41, 5.74) is 3.30. The number of carbonyl (C=O) groups is 1. The number of pyridine rings is 1. The average molecular weight is 438 g/mol. The first-order valence-corrected chi connectivity index (χ1v) is 11.2. The molecule has 0 N–H and O–H groups in total. The maximum absolute atomic E-state index is 12.3. The number of nitrogens with zero attached hydrogens (tertiary/aromatic N) is 3. The van der Waals surface area contributed by atoms with Gasteiger partial charge in [-0.3, -0.25) is 9.78 Å². The van der Waals surface area contributed by atoms with Crippen molar-refractivity contribution in [3.05, 3.63) is 95.3 Å². The molecule has 1 aliphatic heterocycles. The van der Waals surface area contributed by atoms with E-state index in [1.807, 2.05) is 79.4 Å². The number of benzene rings is 2. The molecule has 4 nitrogen and oxygen atoms in total. The lowest BCUT2D eigenvalue weighted by Crippen LogP contribution is -2.49. The van der Waals surface area contributed by atoms with E-state index < -0.39 is 0 Å². The van der Waals surface area contributed by atoms with E-state index in [-0.39, 0.29) is 5.91 Å². The third kappa shape index (κ3) is 8.42. The summed E-state index contributed by atoms with van der Waals surface area (Å²) in [4.78, 5) is 20.7. The van der Waals surface area contributed by atoms with E-state index in [0.717, 1.165) is 42.6 Å². The monoisotopic (exact) mass is 437 g/mol. The van der Waals surface area contributed by atoms with Gasteiger partial charge in [0.2, 0.25) is 5.91 Å². The van der Waals surface area contributed by atoms with Gasteiger partial charge in [0.15, 0.2) is 0 Å². The number of aryl methyl sites for hydroxylation is 1. The molecule has 1 amide bonds. The fourth-order valence-corrected chi connectivity index (χ4v) is 3.30. The molecule has 0 radical (unpaired) electrons. The molecule has 2 aromatic carbocycles. The summed E-state index contributed by atoms with van der Waals surface area (Å²) >= 11 is 5.92. The molecule has 0 saturated carbocycles. The number of aromatic nitrogens is 1. The van der Waals surface area contributed by atoms with E-state index in [1.54, 1.807) is 6.20 Å². The molecule has 1 aromatic heterocycles. The lowest BCUT2D eigenvalue weighted by atomic mass is 10.2. The van der Waals surface area contributed by atoms with Gasteiger partial charge < -0.3 is 9.80 Å². The van der Waals surface area contributed by atoms with Gasteiger partial charge >= 0.3 is 0 Å². The van der Waals surface area contributed by atoms with Crippen LogP contribution < -0.4 is 4.90 Å². The Hall–Kier alpha value is -2.85. The van der Waals surface area contributed by atoms with Crippen LogP contribution in [-0.2, 0) is 11.2 Å². The minimum absolute atomic E-state index is 0.148. The second kappa shape index (κ2) is 13.5. The zero-order valence-electron chi connectivity index (χ0n) is 18.7. The van der Waals surface area contributed by atoms with Gasteiger partial charge in [-0.25, -0.2) is 0 Å². The Labute approximate surface area is 191 Å². The Balaban J connectivity index is 0.000000319. The minimum Gasteiger partial charge on any atom is -0.368 e. The van der Waals surface area contributed by atoms with Gasteiger partial charge in [-0.05, 0) is 43.3 Å². The van der Waals surface area contributed by atoms with Gasteiger partial charge in [-0.1, -0.05) is 67.4 Å². The molecular formula is C26H32ClN3O. The summed E-state index contributed by atoms with van der Waals surface area (Å²) in [7, 11) is 0. The molecule has 31 heavy (non-hydrogen) atoms. The molecule has 0 unspecified atom stereocenters. The highest BCUT2D eigenvalue weighted by molar-refractivity contribution is 6.30. The van der Waals surface area contributed by atoms with E-state index in [1.165, 1.54) is 5.56 Å². The number of hydrogen-bond acceptors (Lipinski definition) is 3. The molecule has 3 aromatic rings. The van der Waals surface area contributed by atoms with Crippen molar-refractivity contribution in [3.63, 3.8) is 0 Å². The number of halogens is 1. The van der Waals surface area contributed by atoms with Crippen molar-refractivity contribution in [1.29, 1.82) is 0 Å². The molecule has 0 bridgehead atoms. The van der Waals surface area contributed by atoms with Crippen LogP contribution in [0.4, 0.5) is 5.69 Å². The van der Waals surface area contributed by atoms with Crippen LogP contribution in [0.25, 0.3) is 0 Å². The molecule has 5 heteroatoms. The summed E-state index contributed by atoms with van der Waals surface area (Å²) in [5, 5.41) is 0.743. The smallest absolute Gasteiger partial charge is 0.228 e. The molecule has 164 valence electrons. The molecule has 1 aliphatic rings. The lowest BCUT2D eigenvalue weighted by molar-refractivity contribution is -0.130. The number of amides is 1. The SMILES string of the molecule is CC.Cc1ccccc1.O=C(Cc1ccccn1)N1CCN(c2ccc(Cl)cc2)CC1. The highest BCUT2D eigenvalue weighted by atomic mass is 35.5. The Morgan fingerprint density at radius 1 is 0.871 bits per heavy atom. The van der Waals surface area contributed by atoms with Crippen LogP contribution in [0.2, 0.25) is 5.02 Å². The number of piperazine rings is 1. The Morgan fingerprint density at radius 3 is 2.00 bits per heavy atom. The third-order valence-electron chi connectivity index (χ3n) is 4.82. The van der Waals surface area contributed by atoms with Gasteiger partial charge in [0.25, 0.3) is 0 Å². The summed E-state index contributed by atoms with van der Waals surface area (Å²) in [6, 6.07) is 23.8. The van der Waals surface area contributed by atoms with Crippen molar-refractivity contribution in [2.75, 3.05) is 31.1 Å². The highest BCUT2D eigenvalue weighted by Crippen LogP contribution is 2.19. The number of hydrogen-bond donors (Lipinski definition) is 0. The molecule has 1 fully saturated rings. The molecule has 1 saturated heterocycles. The zero-order chi connectivity index (χ0) is 22.5. The van der Waals surface area contributed by atoms with Crippen LogP contribution in [0.15, 0.2) is 79.0 Å². The van der Waals surface area contributed by atoms with Gasteiger partial charge in [0, 0.05) is 48.8 Å². The van der Waals surface area contributed by atoms with Crippen LogP contribution in [0, 0.1) is 6.92 Å². The Bertz CT molecular complexity index is 878. The third-order valence-corrected chi connectivity index (χ3v) is 5.08. The average Bonchev–Trinajstić information content (AvgIpc) is 2.83. The zero-order valence-corrected chi connectivity index (χ0v) is 19.4. The number of carbonyl (C=O) groups excluding carboxylic acids is 1. The van der Waals surface area contributed by atoms with Crippen molar-refractivity contribution in [3.8, 4) is 0 Å².